The molecule has 0 bridgehead atoms. The van der Waals surface area contributed by atoms with Gasteiger partial charge in [0.2, 0.25) is 0 Å². The Balaban J connectivity index is 1.66. The first-order valence-electron chi connectivity index (χ1n) is 10.4. The van der Waals surface area contributed by atoms with Gasteiger partial charge in [-0.3, -0.25) is 4.79 Å². The number of rotatable bonds is 6. The van der Waals surface area contributed by atoms with Crippen molar-refractivity contribution in [2.75, 3.05) is 12.4 Å². The van der Waals surface area contributed by atoms with E-state index in [2.05, 4.69) is 20.6 Å². The molecule has 1 heterocycles. The van der Waals surface area contributed by atoms with Crippen LogP contribution in [0.4, 0.5) is 11.5 Å². The molecular weight excluding hydrogens is 376 g/mol. The monoisotopic (exact) mass is 402 g/mol. The van der Waals surface area contributed by atoms with Gasteiger partial charge >= 0.3 is 0 Å². The first kappa shape index (κ1) is 19.9. The lowest BCUT2D eigenvalue weighted by Gasteiger charge is -2.23. The van der Waals surface area contributed by atoms with Crippen LogP contribution in [0.15, 0.2) is 60.8 Å². The van der Waals surface area contributed by atoms with E-state index in [9.17, 15) is 4.79 Å². The van der Waals surface area contributed by atoms with Gasteiger partial charge in [-0.1, -0.05) is 55.7 Å². The Labute approximate surface area is 176 Å². The van der Waals surface area contributed by atoms with E-state index in [1.807, 2.05) is 54.6 Å². The molecule has 0 saturated heterocycles. The van der Waals surface area contributed by atoms with Gasteiger partial charge in [0.15, 0.2) is 5.82 Å². The molecule has 1 aliphatic carbocycles. The van der Waals surface area contributed by atoms with Gasteiger partial charge in [-0.2, -0.15) is 0 Å². The lowest BCUT2D eigenvalue weighted by atomic mass is 9.95. The molecule has 3 aromatic rings. The summed E-state index contributed by atoms with van der Waals surface area (Å²) in [6, 6.07) is 17.5. The van der Waals surface area contributed by atoms with E-state index in [0.29, 0.717) is 17.2 Å². The van der Waals surface area contributed by atoms with Crippen LogP contribution in [0.3, 0.4) is 0 Å². The third-order valence-electron chi connectivity index (χ3n) is 5.34. The van der Waals surface area contributed by atoms with Crippen molar-refractivity contribution in [3.05, 3.63) is 66.4 Å². The third kappa shape index (κ3) is 4.76. The Hall–Kier alpha value is -3.41. The van der Waals surface area contributed by atoms with Crippen molar-refractivity contribution in [2.45, 2.75) is 38.1 Å². The Morgan fingerprint density at radius 3 is 2.60 bits per heavy atom. The average molecular weight is 402 g/mol. The minimum absolute atomic E-state index is 0.146. The lowest BCUT2D eigenvalue weighted by molar-refractivity contribution is 0.0928. The summed E-state index contributed by atoms with van der Waals surface area (Å²) in [5.41, 5.74) is 2.12. The zero-order valence-electron chi connectivity index (χ0n) is 17.1. The summed E-state index contributed by atoms with van der Waals surface area (Å²) in [5, 5.41) is 6.44. The highest BCUT2D eigenvalue weighted by atomic mass is 16.5. The maximum absolute atomic E-state index is 13.0. The largest absolute Gasteiger partial charge is 0.497 e. The molecule has 0 aliphatic heterocycles. The molecule has 0 spiro atoms. The Morgan fingerprint density at radius 1 is 1.03 bits per heavy atom. The Morgan fingerprint density at radius 2 is 1.83 bits per heavy atom. The summed E-state index contributed by atoms with van der Waals surface area (Å²) in [6.07, 6.45) is 7.20. The SMILES string of the molecule is COc1cccc(Nc2nc(-c3ccccc3)ncc2C(=O)NC2CCCCC2)c1. The number of nitrogens with zero attached hydrogens (tertiary/aromatic N) is 2. The number of hydrogen-bond acceptors (Lipinski definition) is 5. The van der Waals surface area contributed by atoms with Crippen LogP contribution in [0.25, 0.3) is 11.4 Å². The van der Waals surface area contributed by atoms with Crippen molar-refractivity contribution < 1.29 is 9.53 Å². The van der Waals surface area contributed by atoms with Crippen LogP contribution in [-0.4, -0.2) is 29.0 Å². The van der Waals surface area contributed by atoms with E-state index in [0.717, 1.165) is 42.7 Å². The third-order valence-corrected chi connectivity index (χ3v) is 5.34. The molecule has 0 radical (unpaired) electrons. The van der Waals surface area contributed by atoms with Crippen LogP contribution < -0.4 is 15.4 Å². The van der Waals surface area contributed by atoms with Crippen molar-refractivity contribution in [1.29, 1.82) is 0 Å². The quantitative estimate of drug-likeness (QED) is 0.610. The maximum atomic E-state index is 13.0. The molecule has 154 valence electrons. The van der Waals surface area contributed by atoms with Crippen molar-refractivity contribution in [2.24, 2.45) is 0 Å². The van der Waals surface area contributed by atoms with E-state index in [4.69, 9.17) is 4.74 Å². The van der Waals surface area contributed by atoms with Crippen LogP contribution in [0.1, 0.15) is 42.5 Å². The standard InChI is InChI=1S/C24H26N4O2/c1-30-20-14-8-13-19(15-20)26-23-21(24(29)27-18-11-6-3-7-12-18)16-25-22(28-23)17-9-4-2-5-10-17/h2,4-5,8-10,13-16,18H,3,6-7,11-12H2,1H3,(H,27,29)(H,25,26,28). The molecule has 2 N–H and O–H groups in total. The summed E-state index contributed by atoms with van der Waals surface area (Å²) in [5.74, 6) is 1.62. The molecule has 30 heavy (non-hydrogen) atoms. The van der Waals surface area contributed by atoms with Crippen LogP contribution in [0.5, 0.6) is 5.75 Å². The predicted octanol–water partition coefficient (Wildman–Crippen LogP) is 4.96. The second kappa shape index (κ2) is 9.39. The average Bonchev–Trinajstić information content (AvgIpc) is 2.80. The number of hydrogen-bond donors (Lipinski definition) is 2. The molecule has 1 aliphatic rings. The van der Waals surface area contributed by atoms with Crippen LogP contribution in [0.2, 0.25) is 0 Å². The van der Waals surface area contributed by atoms with Crippen molar-refractivity contribution in [1.82, 2.24) is 15.3 Å². The lowest BCUT2D eigenvalue weighted by Crippen LogP contribution is -2.36. The molecule has 0 unspecified atom stereocenters. The second-order valence-corrected chi connectivity index (χ2v) is 7.49. The van der Waals surface area contributed by atoms with Gasteiger partial charge in [-0.15, -0.1) is 0 Å². The fourth-order valence-electron chi connectivity index (χ4n) is 3.72. The van der Waals surface area contributed by atoms with Crippen LogP contribution in [0, 0.1) is 0 Å². The molecule has 1 saturated carbocycles. The van der Waals surface area contributed by atoms with Crippen LogP contribution in [-0.2, 0) is 0 Å². The van der Waals surface area contributed by atoms with Gasteiger partial charge in [0, 0.05) is 29.6 Å². The smallest absolute Gasteiger partial charge is 0.256 e. The van der Waals surface area contributed by atoms with E-state index < -0.39 is 0 Å². The summed E-state index contributed by atoms with van der Waals surface area (Å²) in [7, 11) is 1.63. The fraction of sp³-hybridized carbons (Fsp3) is 0.292. The highest BCUT2D eigenvalue weighted by Gasteiger charge is 2.21. The van der Waals surface area contributed by atoms with Crippen molar-refractivity contribution in [3.8, 4) is 17.1 Å². The summed E-state index contributed by atoms with van der Waals surface area (Å²) >= 11 is 0. The highest BCUT2D eigenvalue weighted by Crippen LogP contribution is 2.25. The van der Waals surface area contributed by atoms with Gasteiger partial charge < -0.3 is 15.4 Å². The minimum atomic E-state index is -0.146. The number of nitrogens with one attached hydrogen (secondary N) is 2. The zero-order chi connectivity index (χ0) is 20.8. The number of carbonyl (C=O) groups is 1. The number of methoxy groups -OCH3 is 1. The molecule has 6 heteroatoms. The van der Waals surface area contributed by atoms with Gasteiger partial charge in [-0.05, 0) is 25.0 Å². The number of aromatic nitrogens is 2. The molecule has 6 nitrogen and oxygen atoms in total. The molecular formula is C24H26N4O2. The molecule has 0 atom stereocenters. The first-order valence-corrected chi connectivity index (χ1v) is 10.4. The normalized spacial score (nSPS) is 14.2. The summed E-state index contributed by atoms with van der Waals surface area (Å²) in [6.45, 7) is 0. The predicted molar refractivity (Wildman–Crippen MR) is 118 cm³/mol. The molecule has 1 amide bonds. The number of amides is 1. The van der Waals surface area contributed by atoms with Crippen LogP contribution >= 0.6 is 0 Å². The van der Waals surface area contributed by atoms with Crippen molar-refractivity contribution >= 4 is 17.4 Å². The van der Waals surface area contributed by atoms with E-state index >= 15 is 0 Å². The Bertz CT molecular complexity index is 1000. The van der Waals surface area contributed by atoms with Gasteiger partial charge in [0.25, 0.3) is 5.91 Å². The summed E-state index contributed by atoms with van der Waals surface area (Å²) in [4.78, 5) is 22.2. The number of anilines is 2. The second-order valence-electron chi connectivity index (χ2n) is 7.49. The first-order chi connectivity index (χ1) is 14.7. The highest BCUT2D eigenvalue weighted by molar-refractivity contribution is 5.99. The van der Waals surface area contributed by atoms with E-state index in [1.165, 1.54) is 6.42 Å². The number of benzene rings is 2. The van der Waals surface area contributed by atoms with Crippen molar-refractivity contribution in [3.63, 3.8) is 0 Å². The number of carbonyl (C=O) groups excluding carboxylic acids is 1. The molecule has 2 aromatic carbocycles. The summed E-state index contributed by atoms with van der Waals surface area (Å²) < 4.78 is 5.31. The number of ether oxygens (including phenoxy) is 1. The van der Waals surface area contributed by atoms with E-state index in [1.54, 1.807) is 13.3 Å². The Kier molecular flexibility index (Phi) is 6.23. The maximum Gasteiger partial charge on any atom is 0.256 e. The molecule has 1 aromatic heterocycles. The molecule has 1 fully saturated rings. The van der Waals surface area contributed by atoms with Gasteiger partial charge in [-0.25, -0.2) is 9.97 Å². The minimum Gasteiger partial charge on any atom is -0.497 e. The van der Waals surface area contributed by atoms with Gasteiger partial charge in [0.1, 0.15) is 17.1 Å². The zero-order valence-corrected chi connectivity index (χ0v) is 17.1. The fourth-order valence-corrected chi connectivity index (χ4v) is 3.72. The van der Waals surface area contributed by atoms with Gasteiger partial charge in [0.05, 0.1) is 7.11 Å². The topological polar surface area (TPSA) is 76.1 Å². The molecule has 4 rings (SSSR count). The van der Waals surface area contributed by atoms with E-state index in [-0.39, 0.29) is 11.9 Å².